The average molecular weight is 415 g/mol. The Morgan fingerprint density at radius 3 is 2.36 bits per heavy atom. The van der Waals surface area contributed by atoms with Crippen LogP contribution < -0.4 is 0 Å². The van der Waals surface area contributed by atoms with E-state index in [1.165, 1.54) is 0 Å². The van der Waals surface area contributed by atoms with Gasteiger partial charge in [0.2, 0.25) is 0 Å². The van der Waals surface area contributed by atoms with Crippen molar-refractivity contribution in [2.45, 2.75) is 57.1 Å². The fourth-order valence-corrected chi connectivity index (χ4v) is 1.67. The fraction of sp³-hybridized carbons (Fsp3) is 1.00. The van der Waals surface area contributed by atoms with Gasteiger partial charge >= 0.3 is 0 Å². The summed E-state index contributed by atoms with van der Waals surface area (Å²) in [6.07, 6.45) is -0.843. The van der Waals surface area contributed by atoms with Crippen LogP contribution in [0.15, 0.2) is 0 Å². The predicted molar refractivity (Wildman–Crippen MR) is 49.4 cm³/mol. The first kappa shape index (κ1) is 15.3. The molecule has 1 aliphatic heterocycles. The molecule has 0 aromatic heterocycles. The van der Waals surface area contributed by atoms with Gasteiger partial charge in [0.15, 0.2) is 0 Å². The van der Waals surface area contributed by atoms with Crippen molar-refractivity contribution < 1.29 is 59.0 Å². The molecular formula is C9H18AcNO3-. The summed E-state index contributed by atoms with van der Waals surface area (Å²) in [5, 5.41) is 19.1. The van der Waals surface area contributed by atoms with Gasteiger partial charge in [-0.25, -0.2) is 0 Å². The van der Waals surface area contributed by atoms with E-state index in [1.807, 2.05) is 6.92 Å². The molecule has 3 unspecified atom stereocenters. The third kappa shape index (κ3) is 3.40. The maximum atomic E-state index is 9.56. The second-order valence-electron chi connectivity index (χ2n) is 3.68. The zero-order chi connectivity index (χ0) is 10.0. The number of hydrogen-bond acceptors (Lipinski definition) is 3. The van der Waals surface area contributed by atoms with E-state index < -0.39 is 18.2 Å². The smallest absolute Gasteiger partial charge is 0.105 e. The van der Waals surface area contributed by atoms with E-state index in [0.29, 0.717) is 0 Å². The number of hydrogen-bond donors (Lipinski definition) is 2. The Bertz CT molecular complexity index is 170. The summed E-state index contributed by atoms with van der Waals surface area (Å²) < 4.78 is 5.42. The van der Waals surface area contributed by atoms with Crippen LogP contribution in [0.5, 0.6) is 0 Å². The van der Waals surface area contributed by atoms with E-state index in [9.17, 15) is 10.2 Å². The van der Waals surface area contributed by atoms with Gasteiger partial charge in [0.05, 0.1) is 12.2 Å². The topological polar surface area (TPSA) is 73.5 Å². The van der Waals surface area contributed by atoms with Crippen LogP contribution in [-0.4, -0.2) is 40.7 Å². The van der Waals surface area contributed by atoms with Crippen molar-refractivity contribution in [2.75, 3.05) is 0 Å². The van der Waals surface area contributed by atoms with Gasteiger partial charge in [-0.15, -0.1) is 0 Å². The van der Waals surface area contributed by atoms with Crippen LogP contribution in [0.3, 0.4) is 0 Å². The molecule has 1 saturated heterocycles. The molecule has 0 aromatic carbocycles. The number of aliphatic hydroxyl groups is 2. The average Bonchev–Trinajstić information content (AvgIpc) is 2.11. The molecule has 1 fully saturated rings. The van der Waals surface area contributed by atoms with Crippen molar-refractivity contribution in [1.29, 1.82) is 0 Å². The van der Waals surface area contributed by atoms with Crippen LogP contribution in [-0.2, 0) is 4.74 Å². The van der Waals surface area contributed by atoms with E-state index in [2.05, 4.69) is 0 Å². The van der Waals surface area contributed by atoms with Gasteiger partial charge in [0.25, 0.3) is 0 Å². The Morgan fingerprint density at radius 1 is 1.29 bits per heavy atom. The molecule has 0 aromatic rings. The first-order valence-electron chi connectivity index (χ1n) is 4.80. The van der Waals surface area contributed by atoms with Crippen molar-refractivity contribution in [3.05, 3.63) is 5.73 Å². The molecule has 1 radical (unpaired) electrons. The Labute approximate surface area is 121 Å². The van der Waals surface area contributed by atoms with Crippen LogP contribution in [0.25, 0.3) is 5.73 Å². The zero-order valence-corrected chi connectivity index (χ0v) is 13.4. The zero-order valence-electron chi connectivity index (χ0n) is 8.68. The molecule has 0 aliphatic carbocycles. The Hall–Kier alpha value is 1.28. The molecular weight excluding hydrogens is 397 g/mol. The summed E-state index contributed by atoms with van der Waals surface area (Å²) in [4.78, 5) is 0. The van der Waals surface area contributed by atoms with Crippen LogP contribution in [0.2, 0.25) is 0 Å². The van der Waals surface area contributed by atoms with Crippen LogP contribution in [0.1, 0.15) is 26.7 Å². The maximum absolute atomic E-state index is 9.56. The van der Waals surface area contributed by atoms with Crippen LogP contribution in [0.4, 0.5) is 0 Å². The van der Waals surface area contributed by atoms with Crippen LogP contribution >= 0.6 is 0 Å². The first-order chi connectivity index (χ1) is 6.07. The third-order valence-electron chi connectivity index (χ3n) is 2.57. The Kier molecular flexibility index (Phi) is 7.40. The standard InChI is InChI=1S/C9H18NO3.Ac/c1-3-4-6-8(11)9(12)7(10)5(2)13-6;/h5-12H,3-4H2,1-2H3;/q-1;/t5-,6?,7?,8-,9?;/m0./s1. The minimum atomic E-state index is -0.972. The molecule has 3 N–H and O–H groups in total. The molecule has 4 nitrogen and oxygen atoms in total. The molecule has 0 bridgehead atoms. The van der Waals surface area contributed by atoms with Crippen molar-refractivity contribution >= 4 is 0 Å². The summed E-state index contributed by atoms with van der Waals surface area (Å²) in [6, 6.07) is -0.733. The van der Waals surface area contributed by atoms with E-state index in [-0.39, 0.29) is 56.3 Å². The summed E-state index contributed by atoms with van der Waals surface area (Å²) in [7, 11) is 0. The van der Waals surface area contributed by atoms with Crippen LogP contribution in [0, 0.1) is 44.1 Å². The van der Waals surface area contributed by atoms with Crippen molar-refractivity contribution in [1.82, 2.24) is 0 Å². The molecule has 81 valence electrons. The summed E-state index contributed by atoms with van der Waals surface area (Å²) in [5.74, 6) is 0. The second kappa shape index (κ2) is 6.78. The van der Waals surface area contributed by atoms with E-state index in [0.717, 1.165) is 12.8 Å². The summed E-state index contributed by atoms with van der Waals surface area (Å²) in [5.41, 5.74) is 7.50. The Balaban J connectivity index is 0.00000169. The van der Waals surface area contributed by atoms with Gasteiger partial charge < -0.3 is 20.7 Å². The van der Waals surface area contributed by atoms with Gasteiger partial charge in [0.1, 0.15) is 6.10 Å². The predicted octanol–water partition coefficient (Wildman–Crippen LogP) is 0.716. The molecule has 1 heterocycles. The minimum Gasteiger partial charge on any atom is -0.670 e. The molecule has 0 amide bonds. The molecule has 5 atom stereocenters. The molecule has 1 rings (SSSR count). The minimum absolute atomic E-state index is 0. The number of aliphatic hydroxyl groups excluding tert-OH is 2. The Morgan fingerprint density at radius 2 is 1.86 bits per heavy atom. The molecule has 0 saturated carbocycles. The first-order valence-corrected chi connectivity index (χ1v) is 4.80. The number of ether oxygens (including phenoxy) is 1. The van der Waals surface area contributed by atoms with E-state index in [4.69, 9.17) is 10.5 Å². The van der Waals surface area contributed by atoms with Gasteiger partial charge in [-0.3, -0.25) is 0 Å². The second-order valence-corrected chi connectivity index (χ2v) is 3.68. The molecule has 5 heteroatoms. The number of nitrogens with one attached hydrogen (secondary N) is 1. The third-order valence-corrected chi connectivity index (χ3v) is 2.57. The van der Waals surface area contributed by atoms with Crippen molar-refractivity contribution in [2.24, 2.45) is 0 Å². The van der Waals surface area contributed by atoms with E-state index >= 15 is 0 Å². The van der Waals surface area contributed by atoms with Crippen molar-refractivity contribution in [3.8, 4) is 0 Å². The van der Waals surface area contributed by atoms with Gasteiger partial charge in [-0.05, 0) is 13.3 Å². The van der Waals surface area contributed by atoms with Gasteiger partial charge in [-0.1, -0.05) is 19.4 Å². The molecule has 14 heavy (non-hydrogen) atoms. The van der Waals surface area contributed by atoms with Gasteiger partial charge in [0, 0.05) is 50.2 Å². The van der Waals surface area contributed by atoms with Gasteiger partial charge in [-0.2, -0.15) is 0 Å². The van der Waals surface area contributed by atoms with Crippen molar-refractivity contribution in [3.63, 3.8) is 0 Å². The van der Waals surface area contributed by atoms with E-state index in [1.54, 1.807) is 6.92 Å². The largest absolute Gasteiger partial charge is 0.670 e. The summed E-state index contributed by atoms with van der Waals surface area (Å²) in [6.45, 7) is 3.76. The fourth-order valence-electron chi connectivity index (χ4n) is 1.67. The quantitative estimate of drug-likeness (QED) is 0.698. The number of rotatable bonds is 2. The molecule has 0 spiro atoms. The monoisotopic (exact) mass is 415 g/mol. The maximum Gasteiger partial charge on any atom is 0.105 e. The SMILES string of the molecule is CCCC1O[C@@H](C)C([NH-])C(O)[C@H]1O.[Ac]. The normalized spacial score (nSPS) is 43.1. The molecule has 1 aliphatic rings. The summed E-state index contributed by atoms with van der Waals surface area (Å²) >= 11 is 0.